The van der Waals surface area contributed by atoms with Gasteiger partial charge in [-0.1, -0.05) is 12.2 Å². The fraction of sp³-hybridized carbons (Fsp3) is 0.625. The summed E-state index contributed by atoms with van der Waals surface area (Å²) in [6, 6.07) is 0.0212. The van der Waals surface area contributed by atoms with Gasteiger partial charge in [0.05, 0.1) is 13.0 Å². The molecule has 0 aromatic rings. The van der Waals surface area contributed by atoms with Gasteiger partial charge in [0.2, 0.25) is 0 Å². The molecule has 0 amide bonds. The lowest BCUT2D eigenvalue weighted by Crippen LogP contribution is -2.28. The average molecular weight is 155 g/mol. The van der Waals surface area contributed by atoms with Crippen LogP contribution in [-0.4, -0.2) is 19.1 Å². The number of hydrogen-bond donors (Lipinski definition) is 1. The van der Waals surface area contributed by atoms with Crippen molar-refractivity contribution in [1.29, 1.82) is 0 Å². The van der Waals surface area contributed by atoms with Crippen LogP contribution in [0.4, 0.5) is 0 Å². The molecule has 1 aliphatic carbocycles. The molecule has 0 fully saturated rings. The number of esters is 1. The first-order valence-corrected chi connectivity index (χ1v) is 3.74. The van der Waals surface area contributed by atoms with E-state index in [9.17, 15) is 4.79 Å². The normalized spacial score (nSPS) is 30.0. The van der Waals surface area contributed by atoms with Crippen molar-refractivity contribution in [1.82, 2.24) is 0 Å². The van der Waals surface area contributed by atoms with Crippen LogP contribution in [0.1, 0.15) is 12.8 Å². The second-order valence-electron chi connectivity index (χ2n) is 2.78. The number of methoxy groups -OCH3 is 1. The van der Waals surface area contributed by atoms with Gasteiger partial charge in [-0.3, -0.25) is 4.79 Å². The number of carbonyl (C=O) groups excluding carboxylic acids is 1. The van der Waals surface area contributed by atoms with Crippen LogP contribution in [0.15, 0.2) is 12.2 Å². The second-order valence-corrected chi connectivity index (χ2v) is 2.78. The zero-order chi connectivity index (χ0) is 8.27. The van der Waals surface area contributed by atoms with Crippen LogP contribution in [0.25, 0.3) is 0 Å². The molecule has 3 nitrogen and oxygen atoms in total. The summed E-state index contributed by atoms with van der Waals surface area (Å²) in [6.07, 6.45) is 5.35. The van der Waals surface area contributed by atoms with Crippen LogP contribution >= 0.6 is 0 Å². The van der Waals surface area contributed by atoms with Crippen LogP contribution in [0.5, 0.6) is 0 Å². The predicted octanol–water partition coefficient (Wildman–Crippen LogP) is 0.453. The predicted molar refractivity (Wildman–Crippen MR) is 41.9 cm³/mol. The fourth-order valence-corrected chi connectivity index (χ4v) is 1.28. The first-order chi connectivity index (χ1) is 5.24. The molecule has 2 atom stereocenters. The zero-order valence-corrected chi connectivity index (χ0v) is 6.62. The Bertz CT molecular complexity index is 177. The minimum atomic E-state index is -0.148. The third kappa shape index (κ3) is 2.05. The zero-order valence-electron chi connectivity index (χ0n) is 6.62. The lowest BCUT2D eigenvalue weighted by Gasteiger charge is -2.19. The van der Waals surface area contributed by atoms with Gasteiger partial charge in [-0.15, -0.1) is 0 Å². The lowest BCUT2D eigenvalue weighted by molar-refractivity contribution is -0.145. The number of rotatable bonds is 1. The molecule has 0 heterocycles. The van der Waals surface area contributed by atoms with Gasteiger partial charge in [0.15, 0.2) is 0 Å². The van der Waals surface area contributed by atoms with Crippen molar-refractivity contribution in [3.05, 3.63) is 12.2 Å². The van der Waals surface area contributed by atoms with Crippen molar-refractivity contribution in [2.75, 3.05) is 7.11 Å². The Kier molecular flexibility index (Phi) is 2.65. The molecule has 0 aromatic heterocycles. The van der Waals surface area contributed by atoms with E-state index in [0.717, 1.165) is 6.42 Å². The Morgan fingerprint density at radius 2 is 2.45 bits per heavy atom. The third-order valence-electron chi connectivity index (χ3n) is 1.90. The molecule has 62 valence electrons. The van der Waals surface area contributed by atoms with Gasteiger partial charge in [0.1, 0.15) is 0 Å². The lowest BCUT2D eigenvalue weighted by atomic mass is 9.92. The molecule has 1 aliphatic rings. The standard InChI is InChI=1S/C8H13NO2/c1-11-8(10)6-3-2-4-7(9)5-6/h2,4,6-7H,3,5,9H2,1H3/t6-,7-/m0/s1. The summed E-state index contributed by atoms with van der Waals surface area (Å²) >= 11 is 0. The van der Waals surface area contributed by atoms with Gasteiger partial charge in [-0.05, 0) is 12.8 Å². The summed E-state index contributed by atoms with van der Waals surface area (Å²) < 4.78 is 4.61. The van der Waals surface area contributed by atoms with Crippen molar-refractivity contribution in [2.24, 2.45) is 11.7 Å². The molecule has 1 rings (SSSR count). The molecule has 0 saturated carbocycles. The second kappa shape index (κ2) is 3.53. The SMILES string of the molecule is COC(=O)[C@H]1CC=C[C@H](N)C1. The third-order valence-corrected chi connectivity index (χ3v) is 1.90. The summed E-state index contributed by atoms with van der Waals surface area (Å²) in [5.41, 5.74) is 5.62. The van der Waals surface area contributed by atoms with Gasteiger partial charge in [-0.2, -0.15) is 0 Å². The first-order valence-electron chi connectivity index (χ1n) is 3.74. The van der Waals surface area contributed by atoms with E-state index in [1.807, 2.05) is 12.2 Å². The highest BCUT2D eigenvalue weighted by Gasteiger charge is 2.22. The Morgan fingerprint density at radius 1 is 1.73 bits per heavy atom. The van der Waals surface area contributed by atoms with Gasteiger partial charge >= 0.3 is 5.97 Å². The van der Waals surface area contributed by atoms with E-state index in [1.54, 1.807) is 0 Å². The smallest absolute Gasteiger partial charge is 0.309 e. The molecule has 2 N–H and O–H groups in total. The molecular weight excluding hydrogens is 142 g/mol. The molecule has 0 radical (unpaired) electrons. The number of ether oxygens (including phenoxy) is 1. The van der Waals surface area contributed by atoms with Gasteiger partial charge in [0, 0.05) is 6.04 Å². The number of hydrogen-bond acceptors (Lipinski definition) is 3. The maximum atomic E-state index is 11.0. The van der Waals surface area contributed by atoms with E-state index >= 15 is 0 Å². The van der Waals surface area contributed by atoms with Crippen molar-refractivity contribution in [2.45, 2.75) is 18.9 Å². The highest BCUT2D eigenvalue weighted by molar-refractivity contribution is 5.72. The van der Waals surface area contributed by atoms with E-state index < -0.39 is 0 Å². The Morgan fingerprint density at radius 3 is 3.00 bits per heavy atom. The van der Waals surface area contributed by atoms with Crippen molar-refractivity contribution in [3.63, 3.8) is 0 Å². The molecule has 0 aliphatic heterocycles. The molecule has 3 heteroatoms. The molecule has 0 saturated heterocycles. The minimum absolute atomic E-state index is 0.0212. The maximum absolute atomic E-state index is 11.0. The van der Waals surface area contributed by atoms with Crippen molar-refractivity contribution in [3.8, 4) is 0 Å². The van der Waals surface area contributed by atoms with E-state index in [1.165, 1.54) is 7.11 Å². The van der Waals surface area contributed by atoms with Crippen LogP contribution in [-0.2, 0) is 9.53 Å². The van der Waals surface area contributed by atoms with Crippen LogP contribution in [0.3, 0.4) is 0 Å². The van der Waals surface area contributed by atoms with Crippen LogP contribution in [0, 0.1) is 5.92 Å². The quantitative estimate of drug-likeness (QED) is 0.442. The summed E-state index contributed by atoms with van der Waals surface area (Å²) in [7, 11) is 1.41. The molecule has 0 aromatic carbocycles. The van der Waals surface area contributed by atoms with Gasteiger partial charge in [0.25, 0.3) is 0 Å². The topological polar surface area (TPSA) is 52.3 Å². The average Bonchev–Trinajstić information content (AvgIpc) is 2.03. The molecule has 0 spiro atoms. The summed E-state index contributed by atoms with van der Waals surface area (Å²) in [4.78, 5) is 11.0. The molecule has 11 heavy (non-hydrogen) atoms. The van der Waals surface area contributed by atoms with E-state index in [2.05, 4.69) is 4.74 Å². The first kappa shape index (κ1) is 8.27. The number of allylic oxidation sites excluding steroid dienone is 1. The van der Waals surface area contributed by atoms with E-state index in [0.29, 0.717) is 6.42 Å². The number of nitrogens with two attached hydrogens (primary N) is 1. The van der Waals surface area contributed by atoms with E-state index in [-0.39, 0.29) is 17.9 Å². The Labute approximate surface area is 66.2 Å². The van der Waals surface area contributed by atoms with Gasteiger partial charge in [-0.25, -0.2) is 0 Å². The minimum Gasteiger partial charge on any atom is -0.469 e. The highest BCUT2D eigenvalue weighted by Crippen LogP contribution is 2.18. The molecular formula is C8H13NO2. The Hall–Kier alpha value is -0.830. The van der Waals surface area contributed by atoms with Crippen molar-refractivity contribution < 1.29 is 9.53 Å². The highest BCUT2D eigenvalue weighted by atomic mass is 16.5. The fourth-order valence-electron chi connectivity index (χ4n) is 1.28. The number of carbonyl (C=O) groups is 1. The molecule has 0 bridgehead atoms. The summed E-state index contributed by atoms with van der Waals surface area (Å²) in [6.45, 7) is 0. The monoisotopic (exact) mass is 155 g/mol. The largest absolute Gasteiger partial charge is 0.469 e. The maximum Gasteiger partial charge on any atom is 0.309 e. The van der Waals surface area contributed by atoms with E-state index in [4.69, 9.17) is 5.73 Å². The Balaban J connectivity index is 2.49. The summed E-state index contributed by atoms with van der Waals surface area (Å²) in [5, 5.41) is 0. The molecule has 0 unspecified atom stereocenters. The van der Waals surface area contributed by atoms with Crippen molar-refractivity contribution >= 4 is 5.97 Å². The van der Waals surface area contributed by atoms with Crippen LogP contribution in [0.2, 0.25) is 0 Å². The van der Waals surface area contributed by atoms with Crippen LogP contribution < -0.4 is 5.73 Å². The van der Waals surface area contributed by atoms with Gasteiger partial charge < -0.3 is 10.5 Å². The summed E-state index contributed by atoms with van der Waals surface area (Å²) in [5.74, 6) is -0.176.